The Kier molecular flexibility index (Phi) is 6.66. The second-order valence-electron chi connectivity index (χ2n) is 7.12. The molecule has 2 N–H and O–H groups in total. The van der Waals surface area contributed by atoms with E-state index in [-0.39, 0.29) is 10.9 Å². The molecule has 1 heterocycles. The molecular weight excluding hydrogens is 392 g/mol. The minimum Gasteiger partial charge on any atom is -0.358 e. The lowest BCUT2D eigenvalue weighted by Crippen LogP contribution is -2.39. The van der Waals surface area contributed by atoms with Crippen LogP contribution in [0.25, 0.3) is 0 Å². The van der Waals surface area contributed by atoms with E-state index in [0.29, 0.717) is 10.8 Å². The van der Waals surface area contributed by atoms with E-state index in [0.717, 1.165) is 26.1 Å². The van der Waals surface area contributed by atoms with Crippen LogP contribution in [0.15, 0.2) is 59.5 Å². The van der Waals surface area contributed by atoms with Gasteiger partial charge in [-0.25, -0.2) is 12.7 Å². The van der Waals surface area contributed by atoms with E-state index in [1.165, 1.54) is 24.0 Å². The molecule has 1 fully saturated rings. The Hall–Kier alpha value is -2.00. The highest BCUT2D eigenvalue weighted by molar-refractivity contribution is 7.89. The second-order valence-corrected chi connectivity index (χ2v) is 9.68. The molecule has 3 rings (SSSR count). The molecule has 0 amide bonds. The predicted molar refractivity (Wildman–Crippen MR) is 117 cm³/mol. The molecule has 1 saturated heterocycles. The summed E-state index contributed by atoms with van der Waals surface area (Å²) in [5, 5.41) is 6.95. The van der Waals surface area contributed by atoms with Crippen molar-refractivity contribution in [3.63, 3.8) is 0 Å². The monoisotopic (exact) mass is 418 g/mol. The Labute approximate surface area is 172 Å². The fourth-order valence-corrected chi connectivity index (χ4v) is 4.47. The molecule has 8 heteroatoms. The van der Waals surface area contributed by atoms with Crippen LogP contribution in [0.3, 0.4) is 0 Å². The average Bonchev–Trinajstić information content (AvgIpc) is 3.09. The fourth-order valence-electron chi connectivity index (χ4n) is 3.23. The van der Waals surface area contributed by atoms with Crippen molar-refractivity contribution in [1.29, 1.82) is 0 Å². The number of anilines is 1. The van der Waals surface area contributed by atoms with Crippen LogP contribution >= 0.6 is 12.2 Å². The molecule has 0 unspecified atom stereocenters. The van der Waals surface area contributed by atoms with Crippen LogP contribution in [0, 0.1) is 0 Å². The summed E-state index contributed by atoms with van der Waals surface area (Å²) >= 11 is 5.43. The number of hydrogen-bond donors (Lipinski definition) is 2. The average molecular weight is 419 g/mol. The third-order valence-electron chi connectivity index (χ3n) is 4.73. The van der Waals surface area contributed by atoms with Crippen LogP contribution in [0.4, 0.5) is 5.69 Å². The number of thiocarbonyl (C=S) groups is 1. The first-order chi connectivity index (χ1) is 13.3. The van der Waals surface area contributed by atoms with Crippen molar-refractivity contribution in [1.82, 2.24) is 14.5 Å². The molecule has 2 aromatic rings. The number of nitrogens with one attached hydrogen (secondary N) is 2. The van der Waals surface area contributed by atoms with Crippen LogP contribution in [0.2, 0.25) is 0 Å². The molecule has 1 aliphatic rings. The molecule has 28 heavy (non-hydrogen) atoms. The molecule has 0 spiro atoms. The summed E-state index contributed by atoms with van der Waals surface area (Å²) < 4.78 is 25.8. The molecule has 0 bridgehead atoms. The van der Waals surface area contributed by atoms with Crippen molar-refractivity contribution in [2.45, 2.75) is 23.9 Å². The van der Waals surface area contributed by atoms with Gasteiger partial charge in [-0.05, 0) is 42.4 Å². The molecular formula is C20H26N4O2S2. The normalized spacial score (nSPS) is 17.6. The van der Waals surface area contributed by atoms with Gasteiger partial charge in [0.2, 0.25) is 10.0 Å². The Morgan fingerprint density at radius 3 is 2.64 bits per heavy atom. The van der Waals surface area contributed by atoms with Crippen LogP contribution in [0.5, 0.6) is 0 Å². The number of rotatable bonds is 6. The van der Waals surface area contributed by atoms with Crippen LogP contribution < -0.4 is 10.6 Å². The highest BCUT2D eigenvalue weighted by atomic mass is 32.2. The standard InChI is InChI=1S/C20H26N4O2S2/c1-23(2)28(25,26)19-10-6-9-17(13-19)21-20(27)22-18-11-12-24(15-18)14-16-7-4-3-5-8-16/h3-10,13,18H,11-12,14-15H2,1-2H3,(H2,21,22,27)/t18-/m1/s1. The maximum atomic E-state index is 12.3. The highest BCUT2D eigenvalue weighted by Gasteiger charge is 2.23. The zero-order valence-electron chi connectivity index (χ0n) is 16.1. The summed E-state index contributed by atoms with van der Waals surface area (Å²) in [6, 6.07) is 17.4. The lowest BCUT2D eigenvalue weighted by Gasteiger charge is -2.19. The van der Waals surface area contributed by atoms with Crippen molar-refractivity contribution in [2.75, 3.05) is 32.5 Å². The van der Waals surface area contributed by atoms with Gasteiger partial charge in [-0.1, -0.05) is 36.4 Å². The summed E-state index contributed by atoms with van der Waals surface area (Å²) in [4.78, 5) is 2.64. The van der Waals surface area contributed by atoms with Gasteiger partial charge in [-0.15, -0.1) is 0 Å². The minimum absolute atomic E-state index is 0.236. The van der Waals surface area contributed by atoms with Gasteiger partial charge in [0.15, 0.2) is 5.11 Å². The Bertz CT molecular complexity index is 917. The zero-order chi connectivity index (χ0) is 20.1. The fraction of sp³-hybridized carbons (Fsp3) is 0.350. The molecule has 2 aromatic carbocycles. The summed E-state index contributed by atoms with van der Waals surface area (Å²) in [5.41, 5.74) is 1.96. The van der Waals surface area contributed by atoms with Crippen molar-refractivity contribution in [2.24, 2.45) is 0 Å². The summed E-state index contributed by atoms with van der Waals surface area (Å²) in [7, 11) is -0.438. The first-order valence-corrected chi connectivity index (χ1v) is 11.1. The summed E-state index contributed by atoms with van der Waals surface area (Å²) in [5.74, 6) is 0. The first-order valence-electron chi connectivity index (χ1n) is 9.21. The summed E-state index contributed by atoms with van der Waals surface area (Å²) in [6.45, 7) is 2.88. The van der Waals surface area contributed by atoms with E-state index < -0.39 is 10.0 Å². The molecule has 150 valence electrons. The number of hydrogen-bond acceptors (Lipinski definition) is 4. The van der Waals surface area contributed by atoms with E-state index in [2.05, 4.69) is 39.8 Å². The molecule has 0 saturated carbocycles. The van der Waals surface area contributed by atoms with Gasteiger partial charge in [-0.3, -0.25) is 4.90 Å². The Balaban J connectivity index is 1.54. The number of likely N-dealkylation sites (tertiary alicyclic amines) is 1. The molecule has 6 nitrogen and oxygen atoms in total. The zero-order valence-corrected chi connectivity index (χ0v) is 17.8. The van der Waals surface area contributed by atoms with Gasteiger partial charge in [0, 0.05) is 45.5 Å². The lowest BCUT2D eigenvalue weighted by atomic mass is 10.2. The van der Waals surface area contributed by atoms with E-state index in [4.69, 9.17) is 12.2 Å². The highest BCUT2D eigenvalue weighted by Crippen LogP contribution is 2.18. The van der Waals surface area contributed by atoms with Crippen molar-refractivity contribution >= 4 is 33.0 Å². The predicted octanol–water partition coefficient (Wildman–Crippen LogP) is 2.50. The summed E-state index contributed by atoms with van der Waals surface area (Å²) in [6.07, 6.45) is 1.02. The van der Waals surface area contributed by atoms with Gasteiger partial charge in [0.1, 0.15) is 0 Å². The van der Waals surface area contributed by atoms with Crippen LogP contribution in [-0.4, -0.2) is 56.0 Å². The van der Waals surface area contributed by atoms with Crippen LogP contribution in [0.1, 0.15) is 12.0 Å². The lowest BCUT2D eigenvalue weighted by molar-refractivity contribution is 0.324. The van der Waals surface area contributed by atoms with E-state index in [9.17, 15) is 8.42 Å². The molecule has 1 aliphatic heterocycles. The Morgan fingerprint density at radius 2 is 1.93 bits per heavy atom. The maximum absolute atomic E-state index is 12.3. The maximum Gasteiger partial charge on any atom is 0.242 e. The van der Waals surface area contributed by atoms with Gasteiger partial charge >= 0.3 is 0 Å². The van der Waals surface area contributed by atoms with E-state index >= 15 is 0 Å². The minimum atomic E-state index is -3.47. The van der Waals surface area contributed by atoms with Crippen molar-refractivity contribution in [3.05, 3.63) is 60.2 Å². The SMILES string of the molecule is CN(C)S(=O)(=O)c1cccc(NC(=S)N[C@@H]2CCN(Cc3ccccc3)C2)c1. The molecule has 0 radical (unpaired) electrons. The second kappa shape index (κ2) is 9.00. The number of nitrogens with zero attached hydrogens (tertiary/aromatic N) is 2. The van der Waals surface area contributed by atoms with E-state index in [1.807, 2.05) is 6.07 Å². The first kappa shape index (κ1) is 20.7. The third kappa shape index (κ3) is 5.29. The molecule has 0 aromatic heterocycles. The Morgan fingerprint density at radius 1 is 1.18 bits per heavy atom. The molecule has 1 atom stereocenters. The van der Waals surface area contributed by atoms with Gasteiger partial charge in [0.05, 0.1) is 4.90 Å². The third-order valence-corrected chi connectivity index (χ3v) is 6.76. The van der Waals surface area contributed by atoms with Gasteiger partial charge < -0.3 is 10.6 Å². The number of benzene rings is 2. The number of sulfonamides is 1. The van der Waals surface area contributed by atoms with E-state index in [1.54, 1.807) is 24.3 Å². The quantitative estimate of drug-likeness (QED) is 0.703. The van der Waals surface area contributed by atoms with Gasteiger partial charge in [-0.2, -0.15) is 0 Å². The van der Waals surface area contributed by atoms with Gasteiger partial charge in [0.25, 0.3) is 0 Å². The van der Waals surface area contributed by atoms with Crippen molar-refractivity contribution < 1.29 is 8.42 Å². The van der Waals surface area contributed by atoms with Crippen LogP contribution in [-0.2, 0) is 16.6 Å². The smallest absolute Gasteiger partial charge is 0.242 e. The van der Waals surface area contributed by atoms with Crippen molar-refractivity contribution in [3.8, 4) is 0 Å². The topological polar surface area (TPSA) is 64.7 Å². The largest absolute Gasteiger partial charge is 0.358 e. The molecule has 0 aliphatic carbocycles.